The lowest BCUT2D eigenvalue weighted by Gasteiger charge is -2.26. The average molecular weight is 1640 g/mol. The summed E-state index contributed by atoms with van der Waals surface area (Å²) in [6.45, 7) is 4.72. The van der Waals surface area contributed by atoms with Crippen molar-refractivity contribution in [1.29, 1.82) is 0 Å². The number of ketones is 1. The van der Waals surface area contributed by atoms with Gasteiger partial charge in [0.2, 0.25) is 88.6 Å². The van der Waals surface area contributed by atoms with Crippen LogP contribution in [0.1, 0.15) is 77.1 Å². The number of carboxylic acids is 1. The number of Topliss-reactive ketones (excluding diaryl/α,β-unsaturated/α-hetero) is 1. The molecule has 112 heavy (non-hydrogen) atoms. The third-order valence-electron chi connectivity index (χ3n) is 17.2. The number of aliphatic carboxylic acids is 1. The standard InChI is InChI=1S/C69H94N20O19S4/c1-33(2)57(68(107)82-45(59(70)98)19-37-23-74-42-13-9-7-11-40(37)42)89-55(95)28-78-62(101)44(16-15-34(3)90)81-54(94)27-76-53(93)26-77-63(102)47(21-39-25-73-32-79-39)84-64(103)46(20-38-24-75-43-14-10-8-12-41(38)43)83-61(100)35(4)80-67(106)51-31-110-109-18-17-52(92)88-58(36(5)91)69(108)86-49(60(71)99)29-111-112-30-50(72-6)66(105)85-48(22-56(96)97)65(104)87-51/h7-14,23-25,32-33,35-36,44-51,57-58,72,74-75,91H,15-22,26-31H2,1-6H3,(H2,70,98)(H2,71,99)(H,73,79)(H,76,93)(H,77,102)(H,78,101)(H,80,106)(H,81,94)(H,82,107)(H,83,100)(H,84,103)(H,85,105)(H,86,108)(H,87,104)(H,88,92)(H,89,95)(H,96,97)/t35-,36+,44-,45-,46-,47-,48-,49-,50-,51-,57?,58-/m0/s1. The Morgan fingerprint density at radius 3 is 1.72 bits per heavy atom. The van der Waals surface area contributed by atoms with Crippen molar-refractivity contribution in [2.75, 3.05) is 49.7 Å². The Bertz CT molecular complexity index is 4200. The minimum absolute atomic E-state index is 0.00300. The molecule has 0 spiro atoms. The molecule has 1 aliphatic rings. The maximum absolute atomic E-state index is 14.7. The Morgan fingerprint density at radius 2 is 1.13 bits per heavy atom. The first-order valence-electron chi connectivity index (χ1n) is 35.3. The highest BCUT2D eigenvalue weighted by Gasteiger charge is 2.37. The van der Waals surface area contributed by atoms with Crippen LogP contribution in [0.15, 0.2) is 73.4 Å². The third-order valence-corrected chi connectivity index (χ3v) is 22.0. The largest absolute Gasteiger partial charge is 0.481 e. The Balaban J connectivity index is 1.10. The van der Waals surface area contributed by atoms with E-state index < -0.39 is 199 Å². The summed E-state index contributed by atoms with van der Waals surface area (Å²) in [7, 11) is 5.41. The molecular formula is C69H94N20O19S4. The smallest absolute Gasteiger partial charge is 0.305 e. The predicted molar refractivity (Wildman–Crippen MR) is 415 cm³/mol. The quantitative estimate of drug-likeness (QED) is 0.0172. The first-order chi connectivity index (χ1) is 53.2. The van der Waals surface area contributed by atoms with E-state index in [4.69, 9.17) is 11.5 Å². The fourth-order valence-corrected chi connectivity index (χ4v) is 15.6. The molecular weight excluding hydrogens is 1540 g/mol. The number of amides is 15. The third kappa shape index (κ3) is 29.2. The number of likely N-dealkylation sites (N-methyl/N-ethyl adjacent to an activating group) is 1. The van der Waals surface area contributed by atoms with Gasteiger partial charge in [-0.25, -0.2) is 4.98 Å². The molecule has 5 aromatic rings. The topological polar surface area (TPSA) is 611 Å². The van der Waals surface area contributed by atoms with Crippen LogP contribution in [0, 0.1) is 5.92 Å². The highest BCUT2D eigenvalue weighted by Crippen LogP contribution is 2.26. The molecule has 6 rings (SSSR count). The van der Waals surface area contributed by atoms with Crippen molar-refractivity contribution < 1.29 is 91.7 Å². The van der Waals surface area contributed by atoms with E-state index >= 15 is 0 Å². The number of carbonyl (C=O) groups is 17. The van der Waals surface area contributed by atoms with Crippen LogP contribution in [-0.2, 0) is 101 Å². The van der Waals surface area contributed by atoms with Gasteiger partial charge in [-0.05, 0) is 63.4 Å². The van der Waals surface area contributed by atoms with E-state index in [9.17, 15) is 91.7 Å². The number of carboxylic acid groups (broad SMARTS) is 1. The number of aliphatic hydroxyl groups is 1. The number of para-hydroxylation sites is 2. The van der Waals surface area contributed by atoms with Crippen molar-refractivity contribution in [2.45, 2.75) is 152 Å². The summed E-state index contributed by atoms with van der Waals surface area (Å²) in [4.78, 5) is 241. The van der Waals surface area contributed by atoms with Gasteiger partial charge in [0.15, 0.2) is 0 Å². The number of nitrogens with zero attached hydrogens (tertiary/aromatic N) is 1. The van der Waals surface area contributed by atoms with Crippen molar-refractivity contribution in [3.05, 3.63) is 90.3 Å². The van der Waals surface area contributed by atoms with Crippen LogP contribution >= 0.6 is 43.2 Å². The fraction of sp³-hybridized carbons (Fsp3) is 0.478. The number of imidazole rings is 1. The number of hydrogen-bond donors (Lipinski definition) is 21. The molecule has 39 nitrogen and oxygen atoms in total. The van der Waals surface area contributed by atoms with Gasteiger partial charge in [-0.15, -0.1) is 0 Å². The second-order valence-corrected chi connectivity index (χ2v) is 31.5. The normalized spacial score (nSPS) is 18.8. The second kappa shape index (κ2) is 44.9. The van der Waals surface area contributed by atoms with E-state index in [0.29, 0.717) is 27.7 Å². The number of primary amides is 2. The molecule has 12 atom stereocenters. The van der Waals surface area contributed by atoms with E-state index in [1.807, 2.05) is 24.3 Å². The molecule has 4 heterocycles. The first kappa shape index (κ1) is 90.1. The van der Waals surface area contributed by atoms with Crippen LogP contribution in [0.3, 0.4) is 0 Å². The number of fused-ring (bicyclic) bond motifs is 2. The van der Waals surface area contributed by atoms with Gasteiger partial charge in [-0.2, -0.15) is 0 Å². The lowest BCUT2D eigenvalue weighted by atomic mass is 10.0. The molecule has 0 aliphatic carbocycles. The van der Waals surface area contributed by atoms with Crippen molar-refractivity contribution in [2.24, 2.45) is 17.4 Å². The number of rotatable bonds is 34. The summed E-state index contributed by atoms with van der Waals surface area (Å²) in [5.74, 6) is -16.6. The summed E-state index contributed by atoms with van der Waals surface area (Å²) in [5.41, 5.74) is 14.2. The first-order valence-corrected chi connectivity index (χ1v) is 40.2. The van der Waals surface area contributed by atoms with Gasteiger partial charge in [-0.1, -0.05) is 93.4 Å². The van der Waals surface area contributed by atoms with Crippen molar-refractivity contribution in [3.63, 3.8) is 0 Å². The van der Waals surface area contributed by atoms with E-state index in [1.54, 1.807) is 50.5 Å². The monoisotopic (exact) mass is 1630 g/mol. The Kier molecular flexibility index (Phi) is 36.2. The van der Waals surface area contributed by atoms with Gasteiger partial charge >= 0.3 is 5.97 Å². The number of benzene rings is 2. The Morgan fingerprint density at radius 1 is 0.580 bits per heavy atom. The summed E-state index contributed by atoms with van der Waals surface area (Å²) in [6, 6.07) is -1.42. The van der Waals surface area contributed by atoms with E-state index in [-0.39, 0.29) is 67.3 Å². The number of aliphatic hydroxyl groups excluding tert-OH is 1. The molecule has 0 bridgehead atoms. The number of H-pyrrole nitrogens is 3. The number of aromatic amines is 3. The molecule has 0 saturated carbocycles. The van der Waals surface area contributed by atoms with Crippen LogP contribution in [-0.4, -0.2) is 253 Å². The van der Waals surface area contributed by atoms with E-state index in [1.165, 1.54) is 40.3 Å². The molecule has 2 aromatic carbocycles. The zero-order chi connectivity index (χ0) is 82.3. The minimum Gasteiger partial charge on any atom is -0.481 e. The Labute approximate surface area is 657 Å². The zero-order valence-corrected chi connectivity index (χ0v) is 65.2. The van der Waals surface area contributed by atoms with Gasteiger partial charge in [-0.3, -0.25) is 76.7 Å². The molecule has 15 amide bonds. The maximum Gasteiger partial charge on any atom is 0.305 e. The Hall–Kier alpha value is -10.8. The van der Waals surface area contributed by atoms with E-state index in [0.717, 1.165) is 54.1 Å². The maximum atomic E-state index is 14.7. The molecule has 1 saturated heterocycles. The van der Waals surface area contributed by atoms with Crippen molar-refractivity contribution >= 4 is 165 Å². The van der Waals surface area contributed by atoms with Crippen LogP contribution in [0.4, 0.5) is 0 Å². The lowest BCUT2D eigenvalue weighted by Crippen LogP contribution is -2.60. The van der Waals surface area contributed by atoms with Crippen LogP contribution < -0.4 is 85.9 Å². The second-order valence-electron chi connectivity index (χ2n) is 26.3. The highest BCUT2D eigenvalue weighted by atomic mass is 33.1. The van der Waals surface area contributed by atoms with Gasteiger partial charge in [0, 0.05) is 101 Å². The summed E-state index contributed by atoms with van der Waals surface area (Å²) < 4.78 is 0. The average Bonchev–Trinajstić information content (AvgIpc) is 1.67. The molecule has 1 unspecified atom stereocenters. The molecule has 3 aromatic heterocycles. The molecule has 43 heteroatoms. The summed E-state index contributed by atoms with van der Waals surface area (Å²) >= 11 is 0. The predicted octanol–water partition coefficient (Wildman–Crippen LogP) is -4.78. The van der Waals surface area contributed by atoms with Crippen LogP contribution in [0.25, 0.3) is 21.8 Å². The lowest BCUT2D eigenvalue weighted by molar-refractivity contribution is -0.141. The van der Waals surface area contributed by atoms with Gasteiger partial charge in [0.05, 0.1) is 44.5 Å². The molecule has 608 valence electrons. The zero-order valence-electron chi connectivity index (χ0n) is 61.9. The molecule has 23 N–H and O–H groups in total. The van der Waals surface area contributed by atoms with Crippen molar-refractivity contribution in [3.8, 4) is 0 Å². The summed E-state index contributed by atoms with van der Waals surface area (Å²) in [5, 5.41) is 56.6. The van der Waals surface area contributed by atoms with Gasteiger partial charge in [0.25, 0.3) is 0 Å². The fourth-order valence-electron chi connectivity index (χ4n) is 11.0. The number of nitrogens with two attached hydrogens (primary N) is 2. The molecule has 1 fully saturated rings. The van der Waals surface area contributed by atoms with Crippen LogP contribution in [0.5, 0.6) is 0 Å². The molecule has 0 radical (unpaired) electrons. The number of aromatic nitrogens is 4. The molecule has 1 aliphatic heterocycles. The minimum atomic E-state index is -1.79. The number of nitrogens with one attached hydrogen (secondary N) is 17. The van der Waals surface area contributed by atoms with Crippen LogP contribution in [0.2, 0.25) is 0 Å². The SMILES string of the molecule is CN[C@H]1CSSC[C@@H](C(N)=O)NC(=O)[C@H]([C@@H](C)O)NC(=O)CCSSC[C@@H](C(=O)N[C@@H](C)C(=O)N[C@@H](Cc2c[nH]c3ccccc23)C(=O)N[C@@H](Cc2cnc[nH]2)C(=O)NCC(=O)NCC(=O)N[C@@H](CCC(C)=O)C(=O)NCC(=O)NC(C(=O)N[C@@H](Cc2c[nH]c3ccccc23)C(N)=O)C(C)C)NC(=O)[C@H](CC(=O)O)NC1=O. The summed E-state index contributed by atoms with van der Waals surface area (Å²) in [6.07, 6.45) is 2.32. The van der Waals surface area contributed by atoms with Gasteiger partial charge in [0.1, 0.15) is 66.2 Å². The number of carbonyl (C=O) groups excluding carboxylic acids is 16. The number of hydrogen-bond acceptors (Lipinski definition) is 24. The van der Waals surface area contributed by atoms with Gasteiger partial charge < -0.3 is 116 Å². The van der Waals surface area contributed by atoms with Crippen molar-refractivity contribution in [1.82, 2.24) is 94.4 Å². The van der Waals surface area contributed by atoms with E-state index in [2.05, 4.69) is 94.4 Å². The highest BCUT2D eigenvalue weighted by molar-refractivity contribution is 8.77.